The molecule has 0 saturated carbocycles. The number of anilines is 1. The van der Waals surface area contributed by atoms with Crippen LogP contribution in [0.1, 0.15) is 11.1 Å². The number of rotatable bonds is 3. The number of thioether (sulfide) groups is 1. The zero-order valence-corrected chi connectivity index (χ0v) is 17.5. The molecule has 154 valence electrons. The van der Waals surface area contributed by atoms with Crippen molar-refractivity contribution < 1.29 is 22.9 Å². The van der Waals surface area contributed by atoms with Gasteiger partial charge in [-0.3, -0.25) is 0 Å². The molecule has 0 radical (unpaired) electrons. The van der Waals surface area contributed by atoms with E-state index in [1.165, 1.54) is 34.5 Å². The smallest absolute Gasteiger partial charge is 0.244 e. The van der Waals surface area contributed by atoms with E-state index in [0.29, 0.717) is 11.3 Å². The molecule has 1 unspecified atom stereocenters. The fraction of sp³-hybridized carbons (Fsp3) is 0.0870. The number of carbonyl (C=O) groups is 2. The summed E-state index contributed by atoms with van der Waals surface area (Å²) in [6.07, 6.45) is 0. The third-order valence-electron chi connectivity index (χ3n) is 5.26. The highest BCUT2D eigenvalue weighted by Gasteiger charge is 2.53. The summed E-state index contributed by atoms with van der Waals surface area (Å²) in [5.41, 5.74) is 1.79. The standard InChI is InChI=1S/C23H14ClF2N2O2S/c24-16-11-14(9-10-18(16)26)28-22(29)21-20(15-6-2-4-8-19(15)31-21)27(23(28)30)12-13-5-1-3-7-17(13)25/h1-11,21H,12H2/q+1. The van der Waals surface area contributed by atoms with E-state index >= 15 is 0 Å². The lowest BCUT2D eigenvalue weighted by Gasteiger charge is -2.24. The Morgan fingerprint density at radius 3 is 2.48 bits per heavy atom. The molecule has 0 bridgehead atoms. The monoisotopic (exact) mass is 455 g/mol. The molecule has 0 spiro atoms. The Labute approximate surface area is 185 Å². The molecule has 3 aromatic carbocycles. The fourth-order valence-corrected chi connectivity index (χ4v) is 5.26. The SMILES string of the molecule is O=C1C2Sc3ccccc3C2=[N+](Cc2ccccc2F)C(=O)N1c1ccc(F)c(Cl)c1. The highest BCUT2D eigenvalue weighted by Crippen LogP contribution is 2.41. The Hall–Kier alpha value is -3.03. The second-order valence-corrected chi connectivity index (χ2v) is 8.67. The minimum absolute atomic E-state index is 0.0507. The molecule has 8 heteroatoms. The molecule has 2 aliphatic heterocycles. The molecule has 4 nitrogen and oxygen atoms in total. The third-order valence-corrected chi connectivity index (χ3v) is 6.82. The van der Waals surface area contributed by atoms with Gasteiger partial charge in [-0.25, -0.2) is 13.6 Å². The molecule has 0 aromatic heterocycles. The maximum Gasteiger partial charge on any atom is 0.506 e. The van der Waals surface area contributed by atoms with Gasteiger partial charge in [-0.2, -0.15) is 9.37 Å². The number of hydrogen-bond acceptors (Lipinski definition) is 3. The first-order chi connectivity index (χ1) is 15.0. The van der Waals surface area contributed by atoms with Crippen molar-refractivity contribution in [2.45, 2.75) is 16.7 Å². The van der Waals surface area contributed by atoms with Crippen molar-refractivity contribution in [2.75, 3.05) is 4.90 Å². The normalized spacial score (nSPS) is 17.8. The topological polar surface area (TPSA) is 40.4 Å². The number of halogens is 3. The number of nitrogens with zero attached hydrogens (tertiary/aromatic N) is 2. The molecular weight excluding hydrogens is 442 g/mol. The zero-order valence-electron chi connectivity index (χ0n) is 15.9. The van der Waals surface area contributed by atoms with Crippen molar-refractivity contribution in [3.05, 3.63) is 94.5 Å². The van der Waals surface area contributed by atoms with Gasteiger partial charge in [0.1, 0.15) is 29.6 Å². The molecule has 0 N–H and O–H groups in total. The van der Waals surface area contributed by atoms with E-state index in [1.807, 2.05) is 24.3 Å². The Morgan fingerprint density at radius 1 is 0.968 bits per heavy atom. The van der Waals surface area contributed by atoms with Crippen molar-refractivity contribution in [2.24, 2.45) is 0 Å². The molecule has 0 saturated heterocycles. The predicted molar refractivity (Wildman–Crippen MR) is 115 cm³/mol. The lowest BCUT2D eigenvalue weighted by atomic mass is 10.0. The van der Waals surface area contributed by atoms with Gasteiger partial charge in [0.05, 0.1) is 5.02 Å². The van der Waals surface area contributed by atoms with E-state index in [0.717, 1.165) is 21.4 Å². The van der Waals surface area contributed by atoms with Crippen LogP contribution in [0.25, 0.3) is 0 Å². The van der Waals surface area contributed by atoms with Gasteiger partial charge in [-0.1, -0.05) is 41.9 Å². The summed E-state index contributed by atoms with van der Waals surface area (Å²) in [6, 6.07) is 16.6. The number of imide groups is 1. The Kier molecular flexibility index (Phi) is 4.87. The zero-order chi connectivity index (χ0) is 21.7. The average molecular weight is 456 g/mol. The molecule has 0 aliphatic carbocycles. The highest BCUT2D eigenvalue weighted by molar-refractivity contribution is 8.02. The molecule has 2 heterocycles. The Balaban J connectivity index is 1.69. The van der Waals surface area contributed by atoms with Gasteiger partial charge in [0, 0.05) is 22.1 Å². The molecule has 3 amide bonds. The van der Waals surface area contributed by atoms with Crippen molar-refractivity contribution in [3.63, 3.8) is 0 Å². The van der Waals surface area contributed by atoms with Gasteiger partial charge in [0.15, 0.2) is 5.25 Å². The number of carbonyl (C=O) groups excluding carboxylic acids is 2. The van der Waals surface area contributed by atoms with E-state index in [4.69, 9.17) is 11.6 Å². The molecule has 31 heavy (non-hydrogen) atoms. The largest absolute Gasteiger partial charge is 0.506 e. The van der Waals surface area contributed by atoms with Crippen molar-refractivity contribution in [1.82, 2.24) is 0 Å². The van der Waals surface area contributed by atoms with Crippen LogP contribution in [0.15, 0.2) is 71.6 Å². The minimum atomic E-state index is -0.689. The van der Waals surface area contributed by atoms with Crippen LogP contribution in [0.2, 0.25) is 5.02 Å². The number of benzene rings is 3. The van der Waals surface area contributed by atoms with Crippen molar-refractivity contribution >= 4 is 46.7 Å². The lowest BCUT2D eigenvalue weighted by Crippen LogP contribution is -2.55. The van der Waals surface area contributed by atoms with E-state index in [2.05, 4.69) is 0 Å². The summed E-state index contributed by atoms with van der Waals surface area (Å²) in [7, 11) is 0. The third kappa shape index (κ3) is 3.25. The second kappa shape index (κ2) is 7.59. The second-order valence-electron chi connectivity index (χ2n) is 7.11. The van der Waals surface area contributed by atoms with Gasteiger partial charge >= 0.3 is 11.9 Å². The van der Waals surface area contributed by atoms with Gasteiger partial charge < -0.3 is 0 Å². The summed E-state index contributed by atoms with van der Waals surface area (Å²) in [6.45, 7) is -0.0507. The highest BCUT2D eigenvalue weighted by atomic mass is 35.5. The van der Waals surface area contributed by atoms with E-state index in [9.17, 15) is 18.4 Å². The molecular formula is C23H14ClF2N2O2S+. The van der Waals surface area contributed by atoms with Crippen LogP contribution in [-0.2, 0) is 11.3 Å². The lowest BCUT2D eigenvalue weighted by molar-refractivity contribution is -0.444. The van der Waals surface area contributed by atoms with Crippen LogP contribution in [-0.4, -0.2) is 27.5 Å². The summed E-state index contributed by atoms with van der Waals surface area (Å²) in [4.78, 5) is 28.8. The van der Waals surface area contributed by atoms with Crippen LogP contribution >= 0.6 is 23.4 Å². The van der Waals surface area contributed by atoms with Crippen LogP contribution in [0.5, 0.6) is 0 Å². The van der Waals surface area contributed by atoms with Gasteiger partial charge in [0.25, 0.3) is 0 Å². The Morgan fingerprint density at radius 2 is 1.71 bits per heavy atom. The number of urea groups is 1. The van der Waals surface area contributed by atoms with Crippen molar-refractivity contribution in [3.8, 4) is 0 Å². The van der Waals surface area contributed by atoms with Crippen molar-refractivity contribution in [1.29, 1.82) is 0 Å². The number of amides is 3. The minimum Gasteiger partial charge on any atom is -0.244 e. The quantitative estimate of drug-likeness (QED) is 0.506. The van der Waals surface area contributed by atoms with Crippen LogP contribution in [0.3, 0.4) is 0 Å². The summed E-state index contributed by atoms with van der Waals surface area (Å²) in [5.74, 6) is -1.55. The molecule has 1 atom stereocenters. The van der Waals surface area contributed by atoms with E-state index < -0.39 is 28.8 Å². The maximum atomic E-state index is 14.4. The molecule has 0 fully saturated rings. The fourth-order valence-electron chi connectivity index (χ4n) is 3.81. The molecule has 5 rings (SSSR count). The molecule has 2 aliphatic rings. The number of fused-ring (bicyclic) bond motifs is 3. The predicted octanol–water partition coefficient (Wildman–Crippen LogP) is 5.26. The Bertz CT molecular complexity index is 1290. The van der Waals surface area contributed by atoms with E-state index in [1.54, 1.807) is 18.2 Å². The van der Waals surface area contributed by atoms with Gasteiger partial charge in [0.2, 0.25) is 0 Å². The first kappa shape index (κ1) is 19.9. The summed E-state index contributed by atoms with van der Waals surface area (Å²) >= 11 is 7.23. The first-order valence-corrected chi connectivity index (χ1v) is 10.7. The van der Waals surface area contributed by atoms with Crippen LogP contribution < -0.4 is 4.90 Å². The maximum absolute atomic E-state index is 14.4. The van der Waals surface area contributed by atoms with Crippen LogP contribution in [0, 0.1) is 11.6 Å². The molecule has 3 aromatic rings. The van der Waals surface area contributed by atoms with Gasteiger partial charge in [-0.15, -0.1) is 16.7 Å². The average Bonchev–Trinajstić information content (AvgIpc) is 3.15. The van der Waals surface area contributed by atoms with Crippen LogP contribution in [0.4, 0.5) is 19.3 Å². The summed E-state index contributed by atoms with van der Waals surface area (Å²) < 4.78 is 29.5. The first-order valence-electron chi connectivity index (χ1n) is 9.42. The van der Waals surface area contributed by atoms with Gasteiger partial charge in [-0.05, 0) is 30.3 Å². The van der Waals surface area contributed by atoms with E-state index in [-0.39, 0.29) is 17.3 Å². The number of hydrogen-bond donors (Lipinski definition) is 0. The summed E-state index contributed by atoms with van der Waals surface area (Å²) in [5, 5.41) is -0.887.